The van der Waals surface area contributed by atoms with Crippen LogP contribution in [0.4, 0.5) is 0 Å². The lowest BCUT2D eigenvalue weighted by Gasteiger charge is -2.23. The normalized spacial score (nSPS) is 19.8. The van der Waals surface area contributed by atoms with Gasteiger partial charge in [0.25, 0.3) is 0 Å². The van der Waals surface area contributed by atoms with Crippen LogP contribution in [0.25, 0.3) is 0 Å². The Bertz CT molecular complexity index is 580. The summed E-state index contributed by atoms with van der Waals surface area (Å²) in [5.74, 6) is -0.165. The third-order valence-corrected chi connectivity index (χ3v) is 4.48. The summed E-state index contributed by atoms with van der Waals surface area (Å²) in [4.78, 5) is 11.4. The summed E-state index contributed by atoms with van der Waals surface area (Å²) in [6, 6.07) is 6.00. The number of morpholine rings is 1. The van der Waals surface area contributed by atoms with Gasteiger partial charge in [-0.15, -0.1) is 0 Å². The molecule has 7 heteroatoms. The topological polar surface area (TPSA) is 84.5 Å². The van der Waals surface area contributed by atoms with Gasteiger partial charge >= 0.3 is 0 Å². The number of benzene rings is 1. The Kier molecular flexibility index (Phi) is 4.87. The van der Waals surface area contributed by atoms with E-state index in [-0.39, 0.29) is 23.3 Å². The fourth-order valence-corrected chi connectivity index (χ4v) is 3.03. The van der Waals surface area contributed by atoms with E-state index in [2.05, 4.69) is 10.0 Å². The molecule has 1 fully saturated rings. The highest BCUT2D eigenvalue weighted by Gasteiger charge is 2.19. The molecule has 0 saturated carbocycles. The van der Waals surface area contributed by atoms with Crippen LogP contribution in [-0.4, -0.2) is 46.5 Å². The van der Waals surface area contributed by atoms with E-state index in [4.69, 9.17) is 4.74 Å². The van der Waals surface area contributed by atoms with Gasteiger partial charge in [0.05, 0.1) is 17.6 Å². The van der Waals surface area contributed by atoms with E-state index in [1.165, 1.54) is 19.1 Å². The van der Waals surface area contributed by atoms with Crippen molar-refractivity contribution >= 4 is 15.8 Å². The van der Waals surface area contributed by atoms with Crippen LogP contribution in [0.1, 0.15) is 17.3 Å². The first kappa shape index (κ1) is 15.1. The highest BCUT2D eigenvalue weighted by atomic mass is 32.2. The van der Waals surface area contributed by atoms with Crippen LogP contribution >= 0.6 is 0 Å². The molecule has 1 aliphatic rings. The maximum absolute atomic E-state index is 12.2. The minimum Gasteiger partial charge on any atom is -0.374 e. The summed E-state index contributed by atoms with van der Waals surface area (Å²) in [7, 11) is -3.63. The number of rotatable bonds is 5. The van der Waals surface area contributed by atoms with Crippen LogP contribution in [0.2, 0.25) is 0 Å². The first-order valence-corrected chi connectivity index (χ1v) is 7.90. The van der Waals surface area contributed by atoms with Crippen LogP contribution in [-0.2, 0) is 14.8 Å². The quantitative estimate of drug-likeness (QED) is 0.756. The molecule has 0 spiro atoms. The van der Waals surface area contributed by atoms with Crippen molar-refractivity contribution in [3.63, 3.8) is 0 Å². The molecule has 0 amide bonds. The molecule has 0 aliphatic carbocycles. The van der Waals surface area contributed by atoms with Crippen molar-refractivity contribution in [3.05, 3.63) is 29.8 Å². The van der Waals surface area contributed by atoms with Crippen molar-refractivity contribution in [2.45, 2.75) is 17.9 Å². The highest BCUT2D eigenvalue weighted by molar-refractivity contribution is 7.89. The van der Waals surface area contributed by atoms with Crippen molar-refractivity contribution in [1.29, 1.82) is 0 Å². The van der Waals surface area contributed by atoms with E-state index < -0.39 is 10.0 Å². The van der Waals surface area contributed by atoms with Gasteiger partial charge in [0, 0.05) is 25.2 Å². The molecule has 1 unspecified atom stereocenters. The molecule has 0 radical (unpaired) electrons. The number of hydrogen-bond acceptors (Lipinski definition) is 5. The van der Waals surface area contributed by atoms with E-state index in [0.29, 0.717) is 18.7 Å². The van der Waals surface area contributed by atoms with Crippen molar-refractivity contribution in [2.75, 3.05) is 26.2 Å². The number of Topliss-reactive ketones (excluding diaryl/α,β-unsaturated/α-hetero) is 1. The Balaban J connectivity index is 2.05. The van der Waals surface area contributed by atoms with Gasteiger partial charge < -0.3 is 10.1 Å². The summed E-state index contributed by atoms with van der Waals surface area (Å²) in [6.07, 6.45) is -0.172. The van der Waals surface area contributed by atoms with Gasteiger partial charge in [0.1, 0.15) is 0 Å². The first-order chi connectivity index (χ1) is 9.49. The molecule has 1 aromatic carbocycles. The number of hydrogen-bond donors (Lipinski definition) is 2. The van der Waals surface area contributed by atoms with Gasteiger partial charge in [-0.1, -0.05) is 12.1 Å². The van der Waals surface area contributed by atoms with Gasteiger partial charge in [-0.25, -0.2) is 13.1 Å². The van der Waals surface area contributed by atoms with Crippen molar-refractivity contribution in [1.82, 2.24) is 10.0 Å². The Hall–Kier alpha value is -1.28. The zero-order valence-corrected chi connectivity index (χ0v) is 12.1. The molecule has 1 saturated heterocycles. The van der Waals surface area contributed by atoms with Gasteiger partial charge in [-0.05, 0) is 19.1 Å². The standard InChI is InChI=1S/C13H18N2O4S/c1-10(16)11-3-2-4-13(7-11)20(17,18)15-9-12-8-14-5-6-19-12/h2-4,7,12,14-15H,5-6,8-9H2,1H3. The largest absolute Gasteiger partial charge is 0.374 e. The minimum atomic E-state index is -3.63. The third kappa shape index (κ3) is 3.86. The third-order valence-electron chi connectivity index (χ3n) is 3.06. The molecule has 2 rings (SSSR count). The van der Waals surface area contributed by atoms with Crippen LogP contribution < -0.4 is 10.0 Å². The summed E-state index contributed by atoms with van der Waals surface area (Å²) in [5, 5.41) is 3.13. The van der Waals surface area contributed by atoms with Gasteiger partial charge in [0.2, 0.25) is 10.0 Å². The van der Waals surface area contributed by atoms with Crippen molar-refractivity contribution in [3.8, 4) is 0 Å². The summed E-state index contributed by atoms with van der Waals surface area (Å²) < 4.78 is 32.2. The maximum atomic E-state index is 12.2. The van der Waals surface area contributed by atoms with Gasteiger partial charge in [-0.2, -0.15) is 0 Å². The Morgan fingerprint density at radius 3 is 2.95 bits per heavy atom. The predicted octanol–water partition coefficient (Wildman–Crippen LogP) is 0.156. The Labute approximate surface area is 118 Å². The fourth-order valence-electron chi connectivity index (χ4n) is 1.92. The van der Waals surface area contributed by atoms with Gasteiger partial charge in [0.15, 0.2) is 5.78 Å². The molecule has 20 heavy (non-hydrogen) atoms. The smallest absolute Gasteiger partial charge is 0.240 e. The molecule has 6 nitrogen and oxygen atoms in total. The van der Waals surface area contributed by atoms with Crippen LogP contribution in [0.5, 0.6) is 0 Å². The first-order valence-electron chi connectivity index (χ1n) is 6.42. The van der Waals surface area contributed by atoms with Crippen molar-refractivity contribution in [2.24, 2.45) is 0 Å². The number of ketones is 1. The molecule has 0 bridgehead atoms. The number of carbonyl (C=O) groups excluding carboxylic acids is 1. The highest BCUT2D eigenvalue weighted by Crippen LogP contribution is 2.12. The average molecular weight is 298 g/mol. The monoisotopic (exact) mass is 298 g/mol. The predicted molar refractivity (Wildman–Crippen MR) is 74.2 cm³/mol. The molecule has 0 aromatic heterocycles. The molecule has 1 atom stereocenters. The number of sulfonamides is 1. The number of ether oxygens (including phenoxy) is 1. The second kappa shape index (κ2) is 6.45. The number of carbonyl (C=O) groups is 1. The van der Waals surface area contributed by atoms with Gasteiger partial charge in [-0.3, -0.25) is 4.79 Å². The summed E-state index contributed by atoms with van der Waals surface area (Å²) in [6.45, 7) is 3.59. The minimum absolute atomic E-state index is 0.0916. The molecule has 1 aromatic rings. The molecule has 1 aliphatic heterocycles. The molecule has 1 heterocycles. The summed E-state index contributed by atoms with van der Waals surface area (Å²) >= 11 is 0. The van der Waals surface area contributed by atoms with E-state index in [9.17, 15) is 13.2 Å². The second-order valence-electron chi connectivity index (χ2n) is 4.63. The Morgan fingerprint density at radius 1 is 1.50 bits per heavy atom. The van der Waals surface area contributed by atoms with Crippen LogP contribution in [0, 0.1) is 0 Å². The van der Waals surface area contributed by atoms with E-state index >= 15 is 0 Å². The molecule has 110 valence electrons. The zero-order valence-electron chi connectivity index (χ0n) is 11.3. The van der Waals surface area contributed by atoms with E-state index in [0.717, 1.165) is 6.54 Å². The van der Waals surface area contributed by atoms with Crippen LogP contribution in [0.15, 0.2) is 29.2 Å². The average Bonchev–Trinajstić information content (AvgIpc) is 2.46. The Morgan fingerprint density at radius 2 is 2.30 bits per heavy atom. The maximum Gasteiger partial charge on any atom is 0.240 e. The lowest BCUT2D eigenvalue weighted by molar-refractivity contribution is 0.0324. The summed E-state index contributed by atoms with van der Waals surface area (Å²) in [5.41, 5.74) is 0.378. The SMILES string of the molecule is CC(=O)c1cccc(S(=O)(=O)NCC2CNCCO2)c1. The lowest BCUT2D eigenvalue weighted by Crippen LogP contribution is -2.45. The van der Waals surface area contributed by atoms with E-state index in [1.807, 2.05) is 0 Å². The second-order valence-corrected chi connectivity index (χ2v) is 6.40. The molecule has 2 N–H and O–H groups in total. The van der Waals surface area contributed by atoms with Crippen molar-refractivity contribution < 1.29 is 17.9 Å². The van der Waals surface area contributed by atoms with E-state index in [1.54, 1.807) is 12.1 Å². The molecular formula is C13H18N2O4S. The number of nitrogens with one attached hydrogen (secondary N) is 2. The molecular weight excluding hydrogens is 280 g/mol. The van der Waals surface area contributed by atoms with Crippen LogP contribution in [0.3, 0.4) is 0 Å². The lowest BCUT2D eigenvalue weighted by atomic mass is 10.2. The fraction of sp³-hybridized carbons (Fsp3) is 0.462. The zero-order chi connectivity index (χ0) is 14.6.